The minimum Gasteiger partial charge on any atom is -0.481 e. The Kier molecular flexibility index (Phi) is 18.3. The molecule has 6 nitrogen and oxygen atoms in total. The van der Waals surface area contributed by atoms with E-state index in [1.807, 2.05) is 0 Å². The first-order chi connectivity index (χ1) is 16.0. The summed E-state index contributed by atoms with van der Waals surface area (Å²) in [5, 5.41) is 12.0. The van der Waals surface area contributed by atoms with Crippen molar-refractivity contribution < 1.29 is 19.4 Å². The molecule has 0 aromatic carbocycles. The zero-order valence-corrected chi connectivity index (χ0v) is 21.6. The number of unbranched alkanes of at least 4 members (excludes halogenated alkanes) is 11. The molecule has 1 amide bonds. The van der Waals surface area contributed by atoms with E-state index in [9.17, 15) is 9.59 Å². The number of carboxylic acids is 1. The fourth-order valence-electron chi connectivity index (χ4n) is 4.58. The summed E-state index contributed by atoms with van der Waals surface area (Å²) < 4.78 is 5.40. The van der Waals surface area contributed by atoms with E-state index in [1.165, 1.54) is 70.6 Å². The van der Waals surface area contributed by atoms with E-state index in [1.54, 1.807) is 0 Å². The molecule has 1 fully saturated rings. The van der Waals surface area contributed by atoms with E-state index in [4.69, 9.17) is 9.84 Å². The molecule has 0 radical (unpaired) electrons. The third kappa shape index (κ3) is 17.9. The number of carbonyl (C=O) groups excluding carboxylic acids is 1. The van der Waals surface area contributed by atoms with Crippen LogP contribution in [0.1, 0.15) is 117 Å². The second-order valence-corrected chi connectivity index (χ2v) is 10.2. The van der Waals surface area contributed by atoms with Crippen molar-refractivity contribution >= 4 is 11.9 Å². The van der Waals surface area contributed by atoms with Crippen LogP contribution < -0.4 is 5.32 Å². The molecule has 1 unspecified atom stereocenters. The maximum absolute atomic E-state index is 12.0. The van der Waals surface area contributed by atoms with Crippen LogP contribution in [0.2, 0.25) is 0 Å². The molecular formula is C27H52N2O4. The Morgan fingerprint density at radius 3 is 2.06 bits per heavy atom. The van der Waals surface area contributed by atoms with Gasteiger partial charge < -0.3 is 15.2 Å². The molecule has 1 aliphatic heterocycles. The van der Waals surface area contributed by atoms with Gasteiger partial charge in [0.05, 0.1) is 19.6 Å². The van der Waals surface area contributed by atoms with Gasteiger partial charge >= 0.3 is 5.97 Å². The molecule has 0 aliphatic carbocycles. The Labute approximate surface area is 203 Å². The summed E-state index contributed by atoms with van der Waals surface area (Å²) in [6.07, 6.45) is 18.7. The quantitative estimate of drug-likeness (QED) is 0.209. The van der Waals surface area contributed by atoms with E-state index in [2.05, 4.69) is 24.1 Å². The summed E-state index contributed by atoms with van der Waals surface area (Å²) in [5.74, 6) is 0.214. The SMILES string of the molecule is CC(C)CCCCCCCCCCCCCCC(=O)NCCCN1CCOCC1CC(=O)O. The Balaban J connectivity index is 1.85. The van der Waals surface area contributed by atoms with Gasteiger partial charge in [-0.2, -0.15) is 0 Å². The summed E-state index contributed by atoms with van der Waals surface area (Å²) in [5.41, 5.74) is 0. The van der Waals surface area contributed by atoms with Crippen molar-refractivity contribution in [1.29, 1.82) is 0 Å². The summed E-state index contributed by atoms with van der Waals surface area (Å²) in [6, 6.07) is -0.0495. The molecular weight excluding hydrogens is 416 g/mol. The fraction of sp³-hybridized carbons (Fsp3) is 0.926. The van der Waals surface area contributed by atoms with Crippen molar-refractivity contribution in [2.75, 3.05) is 32.8 Å². The van der Waals surface area contributed by atoms with Gasteiger partial charge in [-0.3, -0.25) is 14.5 Å². The zero-order chi connectivity index (χ0) is 24.2. The van der Waals surface area contributed by atoms with Crippen LogP contribution in [-0.2, 0) is 14.3 Å². The van der Waals surface area contributed by atoms with E-state index in [0.717, 1.165) is 38.3 Å². The van der Waals surface area contributed by atoms with Crippen LogP contribution in [0, 0.1) is 5.92 Å². The van der Waals surface area contributed by atoms with Crippen LogP contribution in [-0.4, -0.2) is 60.8 Å². The molecule has 194 valence electrons. The average Bonchev–Trinajstić information content (AvgIpc) is 2.77. The highest BCUT2D eigenvalue weighted by Crippen LogP contribution is 2.14. The molecule has 1 heterocycles. The Bertz CT molecular complexity index is 499. The highest BCUT2D eigenvalue weighted by Gasteiger charge is 2.24. The molecule has 33 heavy (non-hydrogen) atoms. The molecule has 1 saturated heterocycles. The third-order valence-electron chi connectivity index (χ3n) is 6.64. The van der Waals surface area contributed by atoms with Gasteiger partial charge in [-0.05, 0) is 18.8 Å². The van der Waals surface area contributed by atoms with E-state index in [0.29, 0.717) is 26.2 Å². The monoisotopic (exact) mass is 468 g/mol. The number of hydrogen-bond donors (Lipinski definition) is 2. The average molecular weight is 469 g/mol. The van der Waals surface area contributed by atoms with Crippen LogP contribution >= 0.6 is 0 Å². The van der Waals surface area contributed by atoms with Crippen molar-refractivity contribution in [1.82, 2.24) is 10.2 Å². The lowest BCUT2D eigenvalue weighted by Crippen LogP contribution is -2.47. The van der Waals surface area contributed by atoms with Crippen LogP contribution in [0.3, 0.4) is 0 Å². The number of rotatable bonds is 21. The number of amides is 1. The summed E-state index contributed by atoms with van der Waals surface area (Å²) >= 11 is 0. The first-order valence-electron chi connectivity index (χ1n) is 13.8. The second-order valence-electron chi connectivity index (χ2n) is 10.2. The summed E-state index contributed by atoms with van der Waals surface area (Å²) in [7, 11) is 0. The van der Waals surface area contributed by atoms with E-state index < -0.39 is 5.97 Å². The molecule has 2 N–H and O–H groups in total. The van der Waals surface area contributed by atoms with Gasteiger partial charge in [-0.1, -0.05) is 90.9 Å². The van der Waals surface area contributed by atoms with Crippen molar-refractivity contribution in [2.24, 2.45) is 5.92 Å². The number of aliphatic carboxylic acids is 1. The standard InChI is InChI=1S/C27H52N2O4/c1-24(2)16-13-11-9-7-5-3-4-6-8-10-12-14-17-26(30)28-18-15-19-29-20-21-33-23-25(29)22-27(31)32/h24-25H,3-23H2,1-2H3,(H,28,30)(H,31,32). The van der Waals surface area contributed by atoms with Crippen LogP contribution in [0.25, 0.3) is 0 Å². The first-order valence-corrected chi connectivity index (χ1v) is 13.8. The van der Waals surface area contributed by atoms with Crippen LogP contribution in [0.15, 0.2) is 0 Å². The number of carboxylic acid groups (broad SMARTS) is 1. The van der Waals surface area contributed by atoms with Crippen molar-refractivity contribution in [3.63, 3.8) is 0 Å². The minimum absolute atomic E-state index is 0.0495. The topological polar surface area (TPSA) is 78.9 Å². The first kappa shape index (κ1) is 29.9. The number of carbonyl (C=O) groups is 2. The predicted octanol–water partition coefficient (Wildman–Crippen LogP) is 5.79. The maximum Gasteiger partial charge on any atom is 0.305 e. The van der Waals surface area contributed by atoms with Gasteiger partial charge in [0.25, 0.3) is 0 Å². The lowest BCUT2D eigenvalue weighted by Gasteiger charge is -2.34. The van der Waals surface area contributed by atoms with Gasteiger partial charge in [-0.25, -0.2) is 0 Å². The maximum atomic E-state index is 12.0. The minimum atomic E-state index is -0.785. The van der Waals surface area contributed by atoms with Gasteiger partial charge in [0.15, 0.2) is 0 Å². The predicted molar refractivity (Wildman–Crippen MR) is 136 cm³/mol. The molecule has 0 spiro atoms. The number of hydrogen-bond acceptors (Lipinski definition) is 4. The molecule has 0 aromatic heterocycles. The lowest BCUT2D eigenvalue weighted by atomic mass is 10.0. The molecule has 6 heteroatoms. The van der Waals surface area contributed by atoms with Gasteiger partial charge in [-0.15, -0.1) is 0 Å². The smallest absolute Gasteiger partial charge is 0.305 e. The number of nitrogens with one attached hydrogen (secondary N) is 1. The van der Waals surface area contributed by atoms with E-state index in [-0.39, 0.29) is 18.4 Å². The molecule has 0 saturated carbocycles. The Hall–Kier alpha value is -1.14. The normalized spacial score (nSPS) is 16.9. The van der Waals surface area contributed by atoms with Gasteiger partial charge in [0.2, 0.25) is 5.91 Å². The molecule has 0 bridgehead atoms. The Morgan fingerprint density at radius 1 is 0.909 bits per heavy atom. The van der Waals surface area contributed by atoms with Crippen molar-refractivity contribution in [3.05, 3.63) is 0 Å². The summed E-state index contributed by atoms with van der Waals surface area (Å²) in [4.78, 5) is 25.2. The Morgan fingerprint density at radius 2 is 1.48 bits per heavy atom. The largest absolute Gasteiger partial charge is 0.481 e. The fourth-order valence-corrected chi connectivity index (χ4v) is 4.58. The number of ether oxygens (including phenoxy) is 1. The van der Waals surface area contributed by atoms with Crippen molar-refractivity contribution in [2.45, 2.75) is 123 Å². The van der Waals surface area contributed by atoms with Crippen molar-refractivity contribution in [3.8, 4) is 0 Å². The molecule has 1 rings (SSSR count). The van der Waals surface area contributed by atoms with Crippen LogP contribution in [0.5, 0.6) is 0 Å². The van der Waals surface area contributed by atoms with E-state index >= 15 is 0 Å². The number of nitrogens with zero attached hydrogens (tertiary/aromatic N) is 1. The van der Waals surface area contributed by atoms with Gasteiger partial charge in [0.1, 0.15) is 0 Å². The lowest BCUT2D eigenvalue weighted by molar-refractivity contribution is -0.140. The van der Waals surface area contributed by atoms with Crippen LogP contribution in [0.4, 0.5) is 0 Å². The number of morpholine rings is 1. The third-order valence-corrected chi connectivity index (χ3v) is 6.64. The highest BCUT2D eigenvalue weighted by atomic mass is 16.5. The zero-order valence-electron chi connectivity index (χ0n) is 21.6. The molecule has 1 aliphatic rings. The summed E-state index contributed by atoms with van der Waals surface area (Å²) in [6.45, 7) is 7.99. The second kappa shape index (κ2) is 20.3. The highest BCUT2D eigenvalue weighted by molar-refractivity contribution is 5.75. The molecule has 1 atom stereocenters. The van der Waals surface area contributed by atoms with Gasteiger partial charge in [0, 0.05) is 32.1 Å². The molecule has 0 aromatic rings.